The molecule has 1 heterocycles. The minimum Gasteiger partial charge on any atom is -0.453 e. The molecule has 4 heteroatoms. The summed E-state index contributed by atoms with van der Waals surface area (Å²) >= 11 is 2.13. The summed E-state index contributed by atoms with van der Waals surface area (Å²) in [6.45, 7) is 1.83. The fraction of sp³-hybridized carbons (Fsp3) is 0.0833. The maximum absolute atomic E-state index is 13.3. The highest BCUT2D eigenvalue weighted by atomic mass is 127. The van der Waals surface area contributed by atoms with Gasteiger partial charge >= 0.3 is 0 Å². The highest BCUT2D eigenvalue weighted by Gasteiger charge is 2.11. The van der Waals surface area contributed by atoms with Crippen molar-refractivity contribution in [3.05, 3.63) is 45.0 Å². The molecule has 0 spiro atoms. The average molecular weight is 330 g/mol. The van der Waals surface area contributed by atoms with Crippen molar-refractivity contribution in [1.29, 1.82) is 0 Å². The molecule has 0 fully saturated rings. The first kappa shape index (κ1) is 11.3. The molecule has 0 atom stereocenters. The van der Waals surface area contributed by atoms with Crippen LogP contribution in [0.2, 0.25) is 0 Å². The monoisotopic (exact) mass is 330 g/mol. The van der Waals surface area contributed by atoms with Crippen LogP contribution in [0.5, 0.6) is 0 Å². The number of aldehydes is 1. The van der Waals surface area contributed by atoms with E-state index in [2.05, 4.69) is 22.6 Å². The predicted octanol–water partition coefficient (Wildman–Crippen LogP) is 3.81. The summed E-state index contributed by atoms with van der Waals surface area (Å²) in [5.41, 5.74) is 1.52. The Kier molecular flexibility index (Phi) is 3.09. The van der Waals surface area contributed by atoms with Crippen LogP contribution in [0.3, 0.4) is 0 Å². The number of carbonyl (C=O) groups excluding carboxylic acids is 1. The van der Waals surface area contributed by atoms with Crippen LogP contribution >= 0.6 is 22.6 Å². The topological polar surface area (TPSA) is 30.2 Å². The van der Waals surface area contributed by atoms with Gasteiger partial charge in [0, 0.05) is 9.13 Å². The second kappa shape index (κ2) is 4.37. The van der Waals surface area contributed by atoms with E-state index in [9.17, 15) is 9.18 Å². The van der Waals surface area contributed by atoms with Crippen molar-refractivity contribution in [2.24, 2.45) is 0 Å². The van der Waals surface area contributed by atoms with Crippen LogP contribution in [0.25, 0.3) is 11.3 Å². The van der Waals surface area contributed by atoms with Gasteiger partial charge in [-0.25, -0.2) is 4.39 Å². The fourth-order valence-corrected chi connectivity index (χ4v) is 2.04. The largest absolute Gasteiger partial charge is 0.453 e. The second-order valence-corrected chi connectivity index (χ2v) is 4.48. The standard InChI is InChI=1S/C12H8FIO2/c1-7-4-8(13)5-10(12(7)14)11-3-2-9(6-15)16-11/h2-6H,1H3. The molecule has 1 aromatic heterocycles. The van der Waals surface area contributed by atoms with E-state index in [1.165, 1.54) is 12.1 Å². The van der Waals surface area contributed by atoms with Gasteiger partial charge in [-0.15, -0.1) is 0 Å². The molecule has 2 rings (SSSR count). The lowest BCUT2D eigenvalue weighted by Crippen LogP contribution is -1.88. The molecule has 0 saturated heterocycles. The zero-order valence-corrected chi connectivity index (χ0v) is 10.6. The molecule has 0 aliphatic rings. The van der Waals surface area contributed by atoms with Crippen LogP contribution in [0.4, 0.5) is 4.39 Å². The molecule has 0 bridgehead atoms. The van der Waals surface area contributed by atoms with Gasteiger partial charge in [-0.05, 0) is 59.3 Å². The van der Waals surface area contributed by atoms with E-state index in [-0.39, 0.29) is 11.6 Å². The number of halogens is 2. The van der Waals surface area contributed by atoms with Crippen molar-refractivity contribution >= 4 is 28.9 Å². The molecule has 0 saturated carbocycles. The van der Waals surface area contributed by atoms with Gasteiger partial charge in [0.25, 0.3) is 0 Å². The molecule has 0 aliphatic heterocycles. The first-order valence-corrected chi connectivity index (χ1v) is 5.70. The SMILES string of the molecule is Cc1cc(F)cc(-c2ccc(C=O)o2)c1I. The van der Waals surface area contributed by atoms with Crippen LogP contribution in [-0.4, -0.2) is 6.29 Å². The van der Waals surface area contributed by atoms with Gasteiger partial charge < -0.3 is 4.42 Å². The van der Waals surface area contributed by atoms with Gasteiger partial charge in [-0.2, -0.15) is 0 Å². The third-order valence-electron chi connectivity index (χ3n) is 2.23. The van der Waals surface area contributed by atoms with E-state index in [4.69, 9.17) is 4.42 Å². The van der Waals surface area contributed by atoms with E-state index in [0.29, 0.717) is 17.6 Å². The quantitative estimate of drug-likeness (QED) is 0.619. The third kappa shape index (κ3) is 2.02. The Balaban J connectivity index is 2.58. The Bertz CT molecular complexity index is 546. The smallest absolute Gasteiger partial charge is 0.185 e. The van der Waals surface area contributed by atoms with Crippen molar-refractivity contribution in [3.8, 4) is 11.3 Å². The second-order valence-electron chi connectivity index (χ2n) is 3.40. The summed E-state index contributed by atoms with van der Waals surface area (Å²) in [5.74, 6) is 0.443. The molecule has 0 radical (unpaired) electrons. The number of hydrogen-bond acceptors (Lipinski definition) is 2. The molecule has 0 unspecified atom stereocenters. The molecular weight excluding hydrogens is 322 g/mol. The van der Waals surface area contributed by atoms with Crippen molar-refractivity contribution in [1.82, 2.24) is 0 Å². The van der Waals surface area contributed by atoms with Gasteiger partial charge in [0.2, 0.25) is 0 Å². The number of rotatable bonds is 2. The lowest BCUT2D eigenvalue weighted by Gasteiger charge is -2.04. The van der Waals surface area contributed by atoms with Crippen molar-refractivity contribution < 1.29 is 13.6 Å². The lowest BCUT2D eigenvalue weighted by molar-refractivity contribution is 0.110. The average Bonchev–Trinajstić information content (AvgIpc) is 2.71. The Labute approximate surface area is 106 Å². The third-order valence-corrected chi connectivity index (χ3v) is 3.66. The zero-order valence-electron chi connectivity index (χ0n) is 8.46. The lowest BCUT2D eigenvalue weighted by atomic mass is 10.1. The number of aryl methyl sites for hydroxylation is 1. The molecule has 1 aromatic carbocycles. The maximum Gasteiger partial charge on any atom is 0.185 e. The highest BCUT2D eigenvalue weighted by molar-refractivity contribution is 14.1. The number of benzene rings is 1. The van der Waals surface area contributed by atoms with Gasteiger partial charge in [0.15, 0.2) is 12.0 Å². The number of furan rings is 1. The van der Waals surface area contributed by atoms with Crippen LogP contribution in [0, 0.1) is 16.3 Å². The van der Waals surface area contributed by atoms with E-state index in [0.717, 1.165) is 9.13 Å². The summed E-state index contributed by atoms with van der Waals surface area (Å²) in [7, 11) is 0. The molecular formula is C12H8FIO2. The summed E-state index contributed by atoms with van der Waals surface area (Å²) < 4.78 is 19.5. The van der Waals surface area contributed by atoms with Gasteiger partial charge in [0.1, 0.15) is 11.6 Å². The van der Waals surface area contributed by atoms with E-state index < -0.39 is 0 Å². The van der Waals surface area contributed by atoms with Gasteiger partial charge in [0.05, 0.1) is 0 Å². The van der Waals surface area contributed by atoms with Crippen LogP contribution in [-0.2, 0) is 0 Å². The molecule has 82 valence electrons. The predicted molar refractivity (Wildman–Crippen MR) is 66.9 cm³/mol. The van der Waals surface area contributed by atoms with Crippen molar-refractivity contribution in [2.75, 3.05) is 0 Å². The molecule has 2 aromatic rings. The summed E-state index contributed by atoms with van der Waals surface area (Å²) in [4.78, 5) is 10.5. The first-order valence-electron chi connectivity index (χ1n) is 4.63. The van der Waals surface area contributed by atoms with Crippen molar-refractivity contribution in [2.45, 2.75) is 6.92 Å². The Morgan fingerprint density at radius 2 is 2.12 bits per heavy atom. The minimum absolute atomic E-state index is 0.243. The maximum atomic E-state index is 13.3. The first-order chi connectivity index (χ1) is 7.61. The Morgan fingerprint density at radius 1 is 1.38 bits per heavy atom. The highest BCUT2D eigenvalue weighted by Crippen LogP contribution is 2.29. The van der Waals surface area contributed by atoms with Crippen LogP contribution in [0.1, 0.15) is 16.1 Å². The van der Waals surface area contributed by atoms with E-state index >= 15 is 0 Å². The number of carbonyl (C=O) groups is 1. The summed E-state index contributed by atoms with van der Waals surface area (Å²) in [5, 5.41) is 0. The molecule has 0 amide bonds. The van der Waals surface area contributed by atoms with Crippen molar-refractivity contribution in [3.63, 3.8) is 0 Å². The molecule has 0 N–H and O–H groups in total. The zero-order chi connectivity index (χ0) is 11.7. The van der Waals surface area contributed by atoms with Crippen LogP contribution < -0.4 is 0 Å². The van der Waals surface area contributed by atoms with Gasteiger partial charge in [-0.1, -0.05) is 0 Å². The van der Waals surface area contributed by atoms with E-state index in [1.807, 2.05) is 6.92 Å². The fourth-order valence-electron chi connectivity index (χ4n) is 1.47. The minimum atomic E-state index is -0.308. The normalized spacial score (nSPS) is 10.4. The molecule has 0 aliphatic carbocycles. The van der Waals surface area contributed by atoms with Crippen LogP contribution in [0.15, 0.2) is 28.7 Å². The molecule has 16 heavy (non-hydrogen) atoms. The van der Waals surface area contributed by atoms with E-state index in [1.54, 1.807) is 12.1 Å². The Hall–Kier alpha value is -1.17. The molecule has 2 nitrogen and oxygen atoms in total. The number of hydrogen-bond donors (Lipinski definition) is 0. The summed E-state index contributed by atoms with van der Waals surface area (Å²) in [6.07, 6.45) is 0.627. The van der Waals surface area contributed by atoms with Gasteiger partial charge in [-0.3, -0.25) is 4.79 Å². The summed E-state index contributed by atoms with van der Waals surface area (Å²) in [6, 6.07) is 6.11. The Morgan fingerprint density at radius 3 is 2.75 bits per heavy atom.